The fraction of sp³-hybridized carbons (Fsp3) is 0.364. The van der Waals surface area contributed by atoms with Crippen LogP contribution >= 0.6 is 0 Å². The number of rotatable bonds is 3. The molecule has 1 aliphatic carbocycles. The largest absolute Gasteiger partial charge is 0.466 e. The van der Waals surface area contributed by atoms with E-state index in [-0.39, 0.29) is 17.1 Å². The van der Waals surface area contributed by atoms with Crippen LogP contribution in [-0.4, -0.2) is 18.9 Å². The number of nitrogens with one attached hydrogen (secondary N) is 1. The Morgan fingerprint density at radius 1 is 1.23 bits per heavy atom. The van der Waals surface area contributed by atoms with E-state index >= 15 is 0 Å². The third kappa shape index (κ3) is 3.50. The Kier molecular flexibility index (Phi) is 4.86. The SMILES string of the molecule is COC(=O)C1=C(C)NC2=C(C(=O)CC(C)(C)C2)[C@@H]1/C=C/c1ccccc1. The molecule has 0 aromatic heterocycles. The van der Waals surface area contributed by atoms with Crippen molar-refractivity contribution in [2.45, 2.75) is 33.6 Å². The second kappa shape index (κ2) is 6.94. The molecule has 0 spiro atoms. The van der Waals surface area contributed by atoms with Gasteiger partial charge < -0.3 is 10.1 Å². The molecular weight excluding hydrogens is 326 g/mol. The fourth-order valence-corrected chi connectivity index (χ4v) is 3.83. The molecule has 1 aromatic carbocycles. The normalized spacial score (nSPS) is 22.3. The summed E-state index contributed by atoms with van der Waals surface area (Å²) >= 11 is 0. The van der Waals surface area contributed by atoms with Crippen LogP contribution in [0, 0.1) is 11.3 Å². The summed E-state index contributed by atoms with van der Waals surface area (Å²) in [4.78, 5) is 25.3. The van der Waals surface area contributed by atoms with E-state index in [1.165, 1.54) is 7.11 Å². The summed E-state index contributed by atoms with van der Waals surface area (Å²) in [6, 6.07) is 9.87. The summed E-state index contributed by atoms with van der Waals surface area (Å²) in [6.45, 7) is 6.06. The smallest absolute Gasteiger partial charge is 0.336 e. The van der Waals surface area contributed by atoms with Crippen molar-refractivity contribution in [3.8, 4) is 0 Å². The van der Waals surface area contributed by atoms with Crippen molar-refractivity contribution in [2.24, 2.45) is 11.3 Å². The summed E-state index contributed by atoms with van der Waals surface area (Å²) in [5, 5.41) is 3.30. The first-order valence-corrected chi connectivity index (χ1v) is 8.88. The highest BCUT2D eigenvalue weighted by molar-refractivity contribution is 6.03. The van der Waals surface area contributed by atoms with Crippen LogP contribution in [0.2, 0.25) is 0 Å². The van der Waals surface area contributed by atoms with Crippen LogP contribution in [0.3, 0.4) is 0 Å². The number of ether oxygens (including phenoxy) is 1. The van der Waals surface area contributed by atoms with Crippen molar-refractivity contribution in [3.05, 3.63) is 64.5 Å². The van der Waals surface area contributed by atoms with Gasteiger partial charge in [-0.3, -0.25) is 4.79 Å². The molecular formula is C22H25NO3. The number of ketones is 1. The quantitative estimate of drug-likeness (QED) is 0.836. The third-order valence-electron chi connectivity index (χ3n) is 4.97. The van der Waals surface area contributed by atoms with Crippen LogP contribution in [-0.2, 0) is 14.3 Å². The number of carbonyl (C=O) groups is 2. The van der Waals surface area contributed by atoms with E-state index in [0.29, 0.717) is 17.6 Å². The van der Waals surface area contributed by atoms with E-state index < -0.39 is 5.97 Å². The lowest BCUT2D eigenvalue weighted by Crippen LogP contribution is -2.38. The molecule has 0 saturated carbocycles. The molecule has 3 rings (SSSR count). The van der Waals surface area contributed by atoms with E-state index in [2.05, 4.69) is 19.2 Å². The summed E-state index contributed by atoms with van der Waals surface area (Å²) in [6.07, 6.45) is 5.17. The second-order valence-corrected chi connectivity index (χ2v) is 7.74. The van der Waals surface area contributed by atoms with Crippen molar-refractivity contribution in [1.29, 1.82) is 0 Å². The van der Waals surface area contributed by atoms with E-state index in [9.17, 15) is 9.59 Å². The lowest BCUT2D eigenvalue weighted by atomic mass is 9.70. The lowest BCUT2D eigenvalue weighted by Gasteiger charge is -2.38. The highest BCUT2D eigenvalue weighted by Crippen LogP contribution is 2.43. The summed E-state index contributed by atoms with van der Waals surface area (Å²) in [7, 11) is 1.37. The van der Waals surface area contributed by atoms with Gasteiger partial charge in [0.25, 0.3) is 0 Å². The van der Waals surface area contributed by atoms with Gasteiger partial charge in [-0.2, -0.15) is 0 Å². The van der Waals surface area contributed by atoms with Gasteiger partial charge in [0, 0.05) is 29.3 Å². The van der Waals surface area contributed by atoms with E-state index in [1.54, 1.807) is 0 Å². The van der Waals surface area contributed by atoms with Crippen molar-refractivity contribution in [3.63, 3.8) is 0 Å². The van der Waals surface area contributed by atoms with Crippen molar-refractivity contribution in [1.82, 2.24) is 5.32 Å². The second-order valence-electron chi connectivity index (χ2n) is 7.74. The van der Waals surface area contributed by atoms with Crippen LogP contribution in [0.25, 0.3) is 6.08 Å². The maximum absolute atomic E-state index is 12.9. The monoisotopic (exact) mass is 351 g/mol. The van der Waals surface area contributed by atoms with Crippen molar-refractivity contribution in [2.75, 3.05) is 7.11 Å². The van der Waals surface area contributed by atoms with Crippen molar-refractivity contribution < 1.29 is 14.3 Å². The first-order chi connectivity index (χ1) is 12.3. The number of benzene rings is 1. The zero-order chi connectivity index (χ0) is 18.9. The van der Waals surface area contributed by atoms with Gasteiger partial charge in [0.15, 0.2) is 5.78 Å². The summed E-state index contributed by atoms with van der Waals surface area (Å²) in [5.41, 5.74) is 3.83. The standard InChI is InChI=1S/C22H25NO3/c1-14-19(21(25)26-4)16(11-10-15-8-6-5-7-9-15)20-17(23-14)12-22(2,3)13-18(20)24/h5-11,16,23H,12-13H2,1-4H3/b11-10+/t16-/m1/s1. The number of carbonyl (C=O) groups excluding carboxylic acids is 2. The zero-order valence-corrected chi connectivity index (χ0v) is 15.8. The lowest BCUT2D eigenvalue weighted by molar-refractivity contribution is -0.136. The number of hydrogen-bond acceptors (Lipinski definition) is 4. The minimum atomic E-state index is -0.401. The average molecular weight is 351 g/mol. The van der Waals surface area contributed by atoms with Gasteiger partial charge in [-0.25, -0.2) is 4.79 Å². The predicted octanol–water partition coefficient (Wildman–Crippen LogP) is 4.01. The Hall–Kier alpha value is -2.62. The molecule has 4 heteroatoms. The van der Waals surface area contributed by atoms with Crippen LogP contribution in [0.4, 0.5) is 0 Å². The predicted molar refractivity (Wildman–Crippen MR) is 102 cm³/mol. The van der Waals surface area contributed by atoms with Crippen molar-refractivity contribution >= 4 is 17.8 Å². The van der Waals surface area contributed by atoms with Gasteiger partial charge in [-0.15, -0.1) is 0 Å². The Balaban J connectivity index is 2.07. The molecule has 1 atom stereocenters. The number of methoxy groups -OCH3 is 1. The molecule has 1 aromatic rings. The van der Waals surface area contributed by atoms with Gasteiger partial charge in [-0.05, 0) is 24.3 Å². The van der Waals surface area contributed by atoms with Gasteiger partial charge >= 0.3 is 5.97 Å². The number of allylic oxidation sites excluding steroid dienone is 4. The molecule has 0 unspecified atom stereocenters. The first kappa shape index (κ1) is 18.2. The minimum Gasteiger partial charge on any atom is -0.466 e. The number of esters is 1. The highest BCUT2D eigenvalue weighted by Gasteiger charge is 2.41. The fourth-order valence-electron chi connectivity index (χ4n) is 3.83. The molecule has 1 heterocycles. The molecule has 0 bridgehead atoms. The van der Waals surface area contributed by atoms with Crippen LogP contribution in [0.15, 0.2) is 58.9 Å². The summed E-state index contributed by atoms with van der Waals surface area (Å²) in [5.74, 6) is -0.690. The molecule has 2 aliphatic rings. The van der Waals surface area contributed by atoms with Gasteiger partial charge in [0.1, 0.15) is 0 Å². The van der Waals surface area contributed by atoms with Crippen LogP contribution in [0.1, 0.15) is 39.2 Å². The zero-order valence-electron chi connectivity index (χ0n) is 15.8. The Bertz CT molecular complexity index is 828. The third-order valence-corrected chi connectivity index (χ3v) is 4.97. The summed E-state index contributed by atoms with van der Waals surface area (Å²) < 4.78 is 4.99. The minimum absolute atomic E-state index is 0.0837. The highest BCUT2D eigenvalue weighted by atomic mass is 16.5. The Labute approximate surface area is 154 Å². The number of dihydropyridines is 1. The van der Waals surface area contributed by atoms with Crippen LogP contribution in [0.5, 0.6) is 0 Å². The molecule has 0 fully saturated rings. The Morgan fingerprint density at radius 2 is 1.92 bits per heavy atom. The van der Waals surface area contributed by atoms with E-state index in [0.717, 1.165) is 23.4 Å². The molecule has 0 amide bonds. The average Bonchev–Trinajstić information content (AvgIpc) is 2.58. The van der Waals surface area contributed by atoms with Gasteiger partial charge in [0.05, 0.1) is 12.7 Å². The molecule has 136 valence electrons. The maximum atomic E-state index is 12.9. The molecule has 26 heavy (non-hydrogen) atoms. The van der Waals surface area contributed by atoms with E-state index in [1.807, 2.05) is 49.4 Å². The number of Topliss-reactive ketones (excluding diaryl/α,β-unsaturated/α-hetero) is 1. The number of hydrogen-bond donors (Lipinski definition) is 1. The van der Waals surface area contributed by atoms with Gasteiger partial charge in [-0.1, -0.05) is 56.3 Å². The Morgan fingerprint density at radius 3 is 2.58 bits per heavy atom. The molecule has 0 saturated heterocycles. The molecule has 1 N–H and O–H groups in total. The van der Waals surface area contributed by atoms with Gasteiger partial charge in [0.2, 0.25) is 0 Å². The first-order valence-electron chi connectivity index (χ1n) is 8.88. The van der Waals surface area contributed by atoms with Crippen LogP contribution < -0.4 is 5.32 Å². The topological polar surface area (TPSA) is 55.4 Å². The molecule has 0 radical (unpaired) electrons. The van der Waals surface area contributed by atoms with E-state index in [4.69, 9.17) is 4.74 Å². The molecule has 4 nitrogen and oxygen atoms in total. The molecule has 1 aliphatic heterocycles. The maximum Gasteiger partial charge on any atom is 0.336 e.